The zero-order valence-corrected chi connectivity index (χ0v) is 17.9. The van der Waals surface area contributed by atoms with Gasteiger partial charge in [-0.15, -0.1) is 0 Å². The summed E-state index contributed by atoms with van der Waals surface area (Å²) in [4.78, 5) is 16.7. The molecule has 0 bridgehead atoms. The van der Waals surface area contributed by atoms with Crippen molar-refractivity contribution >= 4 is 16.9 Å². The van der Waals surface area contributed by atoms with Crippen LogP contribution in [0.1, 0.15) is 21.5 Å². The molecule has 29 heavy (non-hydrogen) atoms. The van der Waals surface area contributed by atoms with Gasteiger partial charge in [0.2, 0.25) is 0 Å². The number of carboxylic acids is 1. The molecule has 1 aliphatic rings. The molecule has 0 amide bonds. The van der Waals surface area contributed by atoms with Gasteiger partial charge >= 0.3 is 29.6 Å². The third kappa shape index (κ3) is 3.38. The smallest absolute Gasteiger partial charge is 0.545 e. The number of halogens is 1. The van der Waals surface area contributed by atoms with E-state index in [1.165, 1.54) is 18.2 Å². The third-order valence-corrected chi connectivity index (χ3v) is 5.37. The molecule has 136 valence electrons. The van der Waals surface area contributed by atoms with E-state index in [1.807, 2.05) is 30.3 Å². The van der Waals surface area contributed by atoms with Crippen LogP contribution in [0.2, 0.25) is 0 Å². The summed E-state index contributed by atoms with van der Waals surface area (Å²) < 4.78 is 13.8. The number of pyridine rings is 1. The molecule has 0 fully saturated rings. The van der Waals surface area contributed by atoms with Gasteiger partial charge in [0.05, 0.1) is 17.2 Å². The van der Waals surface area contributed by atoms with Crippen molar-refractivity contribution in [2.24, 2.45) is 0 Å². The Labute approximate surface area is 189 Å². The molecule has 1 aliphatic carbocycles. The third-order valence-electron chi connectivity index (χ3n) is 5.37. The van der Waals surface area contributed by atoms with Gasteiger partial charge in [0.1, 0.15) is 5.82 Å². The van der Waals surface area contributed by atoms with Gasteiger partial charge in [-0.05, 0) is 59.4 Å². The molecular weight excluding hydrogens is 376 g/mol. The van der Waals surface area contributed by atoms with Crippen LogP contribution in [-0.2, 0) is 12.8 Å². The maximum absolute atomic E-state index is 13.8. The molecule has 0 saturated carbocycles. The van der Waals surface area contributed by atoms with Crippen molar-refractivity contribution in [3.05, 3.63) is 89.2 Å². The summed E-state index contributed by atoms with van der Waals surface area (Å²) in [7, 11) is 0. The number of carbonyl (C=O) groups excluding carboxylic acids is 1. The molecule has 4 aromatic rings. The second kappa shape index (κ2) is 7.71. The fourth-order valence-electron chi connectivity index (χ4n) is 4.06. The van der Waals surface area contributed by atoms with Crippen LogP contribution in [0.5, 0.6) is 0 Å². The number of aryl methyl sites for hydroxylation is 1. The van der Waals surface area contributed by atoms with Gasteiger partial charge in [-0.25, -0.2) is 9.37 Å². The van der Waals surface area contributed by atoms with Gasteiger partial charge in [-0.3, -0.25) is 0 Å². The number of benzene rings is 3. The van der Waals surface area contributed by atoms with Crippen LogP contribution in [0.15, 0.2) is 66.7 Å². The zero-order chi connectivity index (χ0) is 19.3. The fraction of sp³-hybridized carbons (Fsp3) is 0.0833. The van der Waals surface area contributed by atoms with E-state index in [0.717, 1.165) is 22.3 Å². The Morgan fingerprint density at radius 2 is 1.72 bits per heavy atom. The minimum Gasteiger partial charge on any atom is -0.545 e. The van der Waals surface area contributed by atoms with Crippen molar-refractivity contribution in [2.45, 2.75) is 12.8 Å². The van der Waals surface area contributed by atoms with E-state index in [0.29, 0.717) is 35.0 Å². The van der Waals surface area contributed by atoms with Crippen molar-refractivity contribution in [1.82, 2.24) is 4.98 Å². The predicted octanol–water partition coefficient (Wildman–Crippen LogP) is 1.17. The molecule has 0 N–H and O–H groups in total. The second-order valence-corrected chi connectivity index (χ2v) is 7.00. The minimum atomic E-state index is -1.29. The Morgan fingerprint density at radius 3 is 2.48 bits per heavy atom. The quantitative estimate of drug-likeness (QED) is 0.482. The molecule has 0 aliphatic heterocycles. The number of hydrogen-bond acceptors (Lipinski definition) is 3. The van der Waals surface area contributed by atoms with Crippen molar-refractivity contribution in [2.75, 3.05) is 0 Å². The fourth-order valence-corrected chi connectivity index (χ4v) is 4.06. The average molecular weight is 391 g/mol. The van der Waals surface area contributed by atoms with Crippen LogP contribution >= 0.6 is 0 Å². The molecule has 0 saturated heterocycles. The first-order valence-corrected chi connectivity index (χ1v) is 9.14. The molecule has 0 radical (unpaired) electrons. The first-order valence-electron chi connectivity index (χ1n) is 9.14. The number of rotatable bonds is 2. The number of aromatic carboxylic acids is 1. The Hall–Kier alpha value is -2.53. The molecule has 3 nitrogen and oxygen atoms in total. The van der Waals surface area contributed by atoms with Crippen molar-refractivity contribution < 1.29 is 43.8 Å². The molecular formula is C24H15FNNaO2. The SMILES string of the molecule is O=C([O-])c1c2c(nc3ccc(F)cc13)-c1cc(-c3ccccc3)ccc1CC2.[Na+]. The van der Waals surface area contributed by atoms with E-state index < -0.39 is 11.8 Å². The topological polar surface area (TPSA) is 53.0 Å². The summed E-state index contributed by atoms with van der Waals surface area (Å²) in [5.74, 6) is -1.78. The molecule has 1 aromatic heterocycles. The van der Waals surface area contributed by atoms with Crippen molar-refractivity contribution in [3.8, 4) is 22.4 Å². The standard InChI is InChI=1S/C24H16FNO2.Na/c25-17-9-11-21-20(13-17)22(24(27)28)18-10-8-15-6-7-16(12-19(15)23(18)26-21)14-4-2-1-3-5-14;/h1-7,9,11-13H,8,10H2,(H,27,28);/q;+1/p-1. The second-order valence-electron chi connectivity index (χ2n) is 7.00. The van der Waals surface area contributed by atoms with Gasteiger partial charge in [0, 0.05) is 16.5 Å². The van der Waals surface area contributed by atoms with Crippen molar-refractivity contribution in [1.29, 1.82) is 0 Å². The van der Waals surface area contributed by atoms with Crippen LogP contribution in [-0.4, -0.2) is 11.0 Å². The predicted molar refractivity (Wildman–Crippen MR) is 104 cm³/mol. The maximum atomic E-state index is 13.8. The van der Waals surface area contributed by atoms with Gasteiger partial charge in [0.15, 0.2) is 0 Å². The zero-order valence-electron chi connectivity index (χ0n) is 15.9. The molecule has 0 spiro atoms. The normalized spacial score (nSPS) is 12.0. The Balaban J connectivity index is 0.00000205. The summed E-state index contributed by atoms with van der Waals surface area (Å²) in [5, 5.41) is 12.2. The largest absolute Gasteiger partial charge is 1.00 e. The number of fused-ring (bicyclic) bond motifs is 4. The number of carboxylic acid groups (broad SMARTS) is 1. The minimum absolute atomic E-state index is 0. The van der Waals surface area contributed by atoms with Gasteiger partial charge < -0.3 is 9.90 Å². The maximum Gasteiger partial charge on any atom is 1.00 e. The molecule has 5 heteroatoms. The molecule has 1 heterocycles. The molecule has 0 atom stereocenters. The summed E-state index contributed by atoms with van der Waals surface area (Å²) >= 11 is 0. The van der Waals surface area contributed by atoms with E-state index in [-0.39, 0.29) is 35.1 Å². The summed E-state index contributed by atoms with van der Waals surface area (Å²) in [6.07, 6.45) is 1.25. The monoisotopic (exact) mass is 391 g/mol. The van der Waals surface area contributed by atoms with E-state index in [4.69, 9.17) is 4.98 Å². The number of aromatic nitrogens is 1. The van der Waals surface area contributed by atoms with Crippen LogP contribution in [0.4, 0.5) is 4.39 Å². The first-order chi connectivity index (χ1) is 13.6. The molecule has 5 rings (SSSR count). The Kier molecular flexibility index (Phi) is 5.26. The van der Waals surface area contributed by atoms with Crippen LogP contribution < -0.4 is 34.7 Å². The van der Waals surface area contributed by atoms with E-state index >= 15 is 0 Å². The van der Waals surface area contributed by atoms with Gasteiger partial charge in [0.25, 0.3) is 0 Å². The average Bonchev–Trinajstić information content (AvgIpc) is 2.72. The van der Waals surface area contributed by atoms with E-state index in [9.17, 15) is 14.3 Å². The molecule has 0 unspecified atom stereocenters. The summed E-state index contributed by atoms with van der Waals surface area (Å²) in [6.45, 7) is 0. The first kappa shape index (κ1) is 19.8. The Morgan fingerprint density at radius 1 is 0.931 bits per heavy atom. The van der Waals surface area contributed by atoms with Gasteiger partial charge in [-0.1, -0.05) is 42.5 Å². The number of nitrogens with zero attached hydrogens (tertiary/aromatic N) is 1. The van der Waals surface area contributed by atoms with Crippen LogP contribution in [0, 0.1) is 5.82 Å². The van der Waals surface area contributed by atoms with Crippen LogP contribution in [0.3, 0.4) is 0 Å². The van der Waals surface area contributed by atoms with Crippen LogP contribution in [0.25, 0.3) is 33.3 Å². The number of carbonyl (C=O) groups is 1. The van der Waals surface area contributed by atoms with E-state index in [1.54, 1.807) is 0 Å². The molecule has 3 aromatic carbocycles. The van der Waals surface area contributed by atoms with Gasteiger partial charge in [-0.2, -0.15) is 0 Å². The summed E-state index contributed by atoms with van der Waals surface area (Å²) in [6, 6.07) is 20.3. The van der Waals surface area contributed by atoms with Crippen molar-refractivity contribution in [3.63, 3.8) is 0 Å². The Bertz CT molecular complexity index is 1250. The summed E-state index contributed by atoms with van der Waals surface area (Å²) in [5.41, 5.74) is 5.96. The number of hydrogen-bond donors (Lipinski definition) is 0. The van der Waals surface area contributed by atoms with E-state index in [2.05, 4.69) is 18.2 Å².